The maximum absolute atomic E-state index is 13.4. The molecular weight excluding hydrogens is 391 g/mol. The second-order valence-electron chi connectivity index (χ2n) is 5.39. The van der Waals surface area contributed by atoms with Gasteiger partial charge >= 0.3 is 12.1 Å². The van der Waals surface area contributed by atoms with Gasteiger partial charge in [0.15, 0.2) is 0 Å². The molecule has 10 heteroatoms. The monoisotopic (exact) mass is 408 g/mol. The van der Waals surface area contributed by atoms with E-state index in [9.17, 15) is 23.6 Å². The number of imide groups is 1. The topological polar surface area (TPSA) is 111 Å². The van der Waals surface area contributed by atoms with Gasteiger partial charge < -0.3 is 14.8 Å². The Balaban J connectivity index is 2.44. The minimum atomic E-state index is -1.00. The quantitative estimate of drug-likeness (QED) is 0.736. The van der Waals surface area contributed by atoms with E-state index >= 15 is 0 Å². The zero-order valence-electron chi connectivity index (χ0n) is 15.3. The number of thiophene rings is 1. The van der Waals surface area contributed by atoms with Gasteiger partial charge in [0.2, 0.25) is 0 Å². The van der Waals surface area contributed by atoms with Crippen LogP contribution in [0.25, 0.3) is 0 Å². The van der Waals surface area contributed by atoms with Crippen LogP contribution < -0.4 is 10.6 Å². The first-order valence-electron chi connectivity index (χ1n) is 8.05. The molecule has 0 atom stereocenters. The van der Waals surface area contributed by atoms with Gasteiger partial charge in [0.25, 0.3) is 11.8 Å². The molecule has 0 unspecified atom stereocenters. The van der Waals surface area contributed by atoms with E-state index in [0.717, 1.165) is 24.5 Å². The predicted molar refractivity (Wildman–Crippen MR) is 99.2 cm³/mol. The van der Waals surface area contributed by atoms with Gasteiger partial charge in [-0.1, -0.05) is 6.07 Å². The molecule has 0 aliphatic carbocycles. The van der Waals surface area contributed by atoms with E-state index in [0.29, 0.717) is 0 Å². The van der Waals surface area contributed by atoms with Crippen molar-refractivity contribution in [1.82, 2.24) is 5.32 Å². The number of carbonyl (C=O) groups excluding carboxylic acids is 4. The molecule has 2 rings (SSSR count). The molecule has 8 nitrogen and oxygen atoms in total. The lowest BCUT2D eigenvalue weighted by atomic mass is 10.1. The Kier molecular flexibility index (Phi) is 6.83. The molecule has 1 aromatic heterocycles. The maximum atomic E-state index is 13.4. The molecule has 0 aliphatic heterocycles. The third-order valence-electron chi connectivity index (χ3n) is 3.55. The van der Waals surface area contributed by atoms with Crippen LogP contribution in [0, 0.1) is 12.7 Å². The maximum Gasteiger partial charge on any atom is 0.413 e. The molecule has 0 saturated carbocycles. The number of amides is 3. The second-order valence-corrected chi connectivity index (χ2v) is 6.41. The zero-order chi connectivity index (χ0) is 20.8. The van der Waals surface area contributed by atoms with E-state index in [1.807, 2.05) is 5.32 Å². The van der Waals surface area contributed by atoms with Crippen molar-refractivity contribution in [1.29, 1.82) is 0 Å². The summed E-state index contributed by atoms with van der Waals surface area (Å²) in [5.41, 5.74) is 0.144. The number of anilines is 1. The van der Waals surface area contributed by atoms with Crippen LogP contribution in [-0.4, -0.2) is 37.6 Å². The molecule has 0 aliphatic rings. The Morgan fingerprint density at radius 2 is 1.89 bits per heavy atom. The highest BCUT2D eigenvalue weighted by molar-refractivity contribution is 7.18. The summed E-state index contributed by atoms with van der Waals surface area (Å²) in [7, 11) is 1.08. The number of methoxy groups -OCH3 is 1. The number of esters is 1. The van der Waals surface area contributed by atoms with Crippen molar-refractivity contribution in [3.63, 3.8) is 0 Å². The molecule has 1 aromatic carbocycles. The number of benzene rings is 1. The van der Waals surface area contributed by atoms with Crippen LogP contribution in [0.4, 0.5) is 14.2 Å². The third kappa shape index (κ3) is 4.71. The number of alkyl carbamates (subject to hydrolysis) is 1. The summed E-state index contributed by atoms with van der Waals surface area (Å²) < 4.78 is 22.7. The number of rotatable bonds is 5. The Morgan fingerprint density at radius 3 is 2.50 bits per heavy atom. The van der Waals surface area contributed by atoms with Crippen LogP contribution in [-0.2, 0) is 9.47 Å². The fraction of sp³-hybridized carbons (Fsp3) is 0.222. The molecule has 0 bridgehead atoms. The number of nitrogens with one attached hydrogen (secondary N) is 2. The van der Waals surface area contributed by atoms with Crippen molar-refractivity contribution in [2.24, 2.45) is 0 Å². The van der Waals surface area contributed by atoms with Crippen LogP contribution in [0.2, 0.25) is 0 Å². The highest BCUT2D eigenvalue weighted by Gasteiger charge is 2.27. The van der Waals surface area contributed by atoms with Gasteiger partial charge in [-0.3, -0.25) is 14.9 Å². The Hall–Kier alpha value is -3.27. The van der Waals surface area contributed by atoms with Crippen LogP contribution in [0.3, 0.4) is 0 Å². The number of halogens is 1. The van der Waals surface area contributed by atoms with Crippen molar-refractivity contribution in [2.45, 2.75) is 13.8 Å². The van der Waals surface area contributed by atoms with E-state index in [1.54, 1.807) is 6.92 Å². The Labute approximate surface area is 163 Å². The first kappa shape index (κ1) is 21.0. The highest BCUT2D eigenvalue weighted by atomic mass is 32.1. The predicted octanol–water partition coefficient (Wildman–Crippen LogP) is 3.12. The number of carbonyl (C=O) groups is 4. The van der Waals surface area contributed by atoms with Crippen LogP contribution in [0.5, 0.6) is 0 Å². The van der Waals surface area contributed by atoms with Gasteiger partial charge in [0.05, 0.1) is 19.3 Å². The summed E-state index contributed by atoms with van der Waals surface area (Å²) >= 11 is 0.811. The normalized spacial score (nSPS) is 10.1. The molecule has 0 radical (unpaired) electrons. The van der Waals surface area contributed by atoms with Crippen molar-refractivity contribution < 1.29 is 33.0 Å². The molecule has 0 fully saturated rings. The highest BCUT2D eigenvalue weighted by Crippen LogP contribution is 2.34. The van der Waals surface area contributed by atoms with Gasteiger partial charge in [-0.2, -0.15) is 0 Å². The van der Waals surface area contributed by atoms with Gasteiger partial charge in [-0.25, -0.2) is 14.0 Å². The van der Waals surface area contributed by atoms with Crippen LogP contribution >= 0.6 is 11.3 Å². The number of hydrogen-bond donors (Lipinski definition) is 2. The summed E-state index contributed by atoms with van der Waals surface area (Å²) in [6.07, 6.45) is -1.00. The molecular formula is C18H17FN2O6S. The Bertz CT molecular complexity index is 940. The van der Waals surface area contributed by atoms with Gasteiger partial charge in [-0.05, 0) is 37.6 Å². The molecule has 28 heavy (non-hydrogen) atoms. The fourth-order valence-corrected chi connectivity index (χ4v) is 3.37. The van der Waals surface area contributed by atoms with Crippen molar-refractivity contribution in [3.05, 3.63) is 51.7 Å². The average molecular weight is 408 g/mol. The molecule has 3 amide bonds. The van der Waals surface area contributed by atoms with Gasteiger partial charge in [-0.15, -0.1) is 11.3 Å². The third-order valence-corrected chi connectivity index (χ3v) is 4.74. The van der Waals surface area contributed by atoms with E-state index in [1.165, 1.54) is 25.1 Å². The van der Waals surface area contributed by atoms with Gasteiger partial charge in [0.1, 0.15) is 15.7 Å². The smallest absolute Gasteiger partial charge is 0.413 e. The minimum Gasteiger partial charge on any atom is -0.462 e. The van der Waals surface area contributed by atoms with Crippen LogP contribution in [0.1, 0.15) is 42.9 Å². The molecule has 2 N–H and O–H groups in total. The lowest BCUT2D eigenvalue weighted by Crippen LogP contribution is -2.31. The fourth-order valence-electron chi connectivity index (χ4n) is 2.28. The van der Waals surface area contributed by atoms with E-state index < -0.39 is 29.7 Å². The van der Waals surface area contributed by atoms with E-state index in [4.69, 9.17) is 4.74 Å². The standard InChI is InChI=1S/C18H17FN2O6S/c1-4-27-17(24)13-9(2)12(15(23)21-18(25)26-3)16(28-13)20-14(22)10-6-5-7-11(19)8-10/h5-8H,4H2,1-3H3,(H,20,22)(H,21,23,25). The SMILES string of the molecule is CCOC(=O)c1sc(NC(=O)c2cccc(F)c2)c(C(=O)NC(=O)OC)c1C. The summed E-state index contributed by atoms with van der Waals surface area (Å²) in [6, 6.07) is 4.95. The lowest BCUT2D eigenvalue weighted by molar-refractivity contribution is 0.0531. The van der Waals surface area contributed by atoms with E-state index in [2.05, 4.69) is 10.1 Å². The zero-order valence-corrected chi connectivity index (χ0v) is 16.1. The Morgan fingerprint density at radius 1 is 1.18 bits per heavy atom. The summed E-state index contributed by atoms with van der Waals surface area (Å²) in [4.78, 5) is 48.5. The van der Waals surface area contributed by atoms with Crippen molar-refractivity contribution in [2.75, 3.05) is 19.0 Å². The summed E-state index contributed by atoms with van der Waals surface area (Å²) in [5, 5.41) is 4.46. The molecule has 1 heterocycles. The van der Waals surface area contributed by atoms with Crippen molar-refractivity contribution in [3.8, 4) is 0 Å². The average Bonchev–Trinajstić information content (AvgIpc) is 2.97. The van der Waals surface area contributed by atoms with Gasteiger partial charge in [0, 0.05) is 5.56 Å². The first-order chi connectivity index (χ1) is 13.3. The largest absolute Gasteiger partial charge is 0.462 e. The molecule has 0 spiro atoms. The lowest BCUT2D eigenvalue weighted by Gasteiger charge is -2.07. The summed E-state index contributed by atoms with van der Waals surface area (Å²) in [6.45, 7) is 3.22. The second kappa shape index (κ2) is 9.09. The van der Waals surface area contributed by atoms with Crippen molar-refractivity contribution >= 4 is 40.2 Å². The summed E-state index contributed by atoms with van der Waals surface area (Å²) in [5.74, 6) is -2.84. The molecule has 148 valence electrons. The number of hydrogen-bond acceptors (Lipinski definition) is 7. The first-order valence-corrected chi connectivity index (χ1v) is 8.86. The molecule has 0 saturated heterocycles. The van der Waals surface area contributed by atoms with E-state index in [-0.39, 0.29) is 33.2 Å². The number of ether oxygens (including phenoxy) is 2. The van der Waals surface area contributed by atoms with Crippen LogP contribution in [0.15, 0.2) is 24.3 Å². The minimum absolute atomic E-state index is 0.0104. The molecule has 2 aromatic rings.